The van der Waals surface area contributed by atoms with E-state index in [1.54, 1.807) is 17.1 Å². The lowest BCUT2D eigenvalue weighted by molar-refractivity contribution is -0.0522. The molecular formula is C18H22N4O2. The summed E-state index contributed by atoms with van der Waals surface area (Å²) in [5.41, 5.74) is 3.54. The minimum Gasteiger partial charge on any atom is -0.370 e. The molecule has 0 aliphatic carbocycles. The van der Waals surface area contributed by atoms with E-state index >= 15 is 0 Å². The molecule has 6 nitrogen and oxygen atoms in total. The number of hydrogen-bond donors (Lipinski definition) is 0. The Balaban J connectivity index is 1.51. The molecule has 2 aromatic heterocycles. The Bertz CT molecular complexity index is 816. The van der Waals surface area contributed by atoms with Crippen LogP contribution in [-0.2, 0) is 11.8 Å². The summed E-state index contributed by atoms with van der Waals surface area (Å²) in [5, 5.41) is 4.18. The Morgan fingerprint density at radius 3 is 2.83 bits per heavy atom. The Labute approximate surface area is 141 Å². The summed E-state index contributed by atoms with van der Waals surface area (Å²) in [6.45, 7) is 4.38. The van der Waals surface area contributed by atoms with Crippen molar-refractivity contribution in [3.8, 4) is 0 Å². The molecule has 1 amide bonds. The molecule has 126 valence electrons. The van der Waals surface area contributed by atoms with Gasteiger partial charge in [0, 0.05) is 26.3 Å². The van der Waals surface area contributed by atoms with Crippen molar-refractivity contribution in [1.82, 2.24) is 19.7 Å². The zero-order chi connectivity index (χ0) is 16.7. The number of likely N-dealkylation sites (tertiary alicyclic amines) is 1. The fraction of sp³-hybridized carbons (Fsp3) is 0.500. The van der Waals surface area contributed by atoms with E-state index in [2.05, 4.69) is 23.1 Å². The van der Waals surface area contributed by atoms with Crippen molar-refractivity contribution in [2.24, 2.45) is 7.05 Å². The quantitative estimate of drug-likeness (QED) is 0.755. The maximum Gasteiger partial charge on any atom is 0.255 e. The smallest absolute Gasteiger partial charge is 0.255 e. The highest BCUT2D eigenvalue weighted by Crippen LogP contribution is 2.33. The second-order valence-corrected chi connectivity index (χ2v) is 6.84. The Morgan fingerprint density at radius 2 is 2.08 bits per heavy atom. The number of aryl methyl sites for hydroxylation is 1. The molecule has 0 aromatic carbocycles. The predicted octanol–water partition coefficient (Wildman–Crippen LogP) is 2.31. The van der Waals surface area contributed by atoms with E-state index in [0.717, 1.165) is 36.9 Å². The van der Waals surface area contributed by atoms with E-state index in [9.17, 15) is 4.79 Å². The number of pyridine rings is 1. The van der Waals surface area contributed by atoms with Crippen molar-refractivity contribution in [2.75, 3.05) is 19.7 Å². The van der Waals surface area contributed by atoms with Crippen LogP contribution in [0.25, 0.3) is 11.0 Å². The number of carbonyl (C=O) groups is 1. The van der Waals surface area contributed by atoms with Crippen molar-refractivity contribution in [2.45, 2.75) is 31.8 Å². The second kappa shape index (κ2) is 5.70. The van der Waals surface area contributed by atoms with Gasteiger partial charge in [0.2, 0.25) is 0 Å². The largest absolute Gasteiger partial charge is 0.370 e. The van der Waals surface area contributed by atoms with E-state index in [0.29, 0.717) is 18.7 Å². The second-order valence-electron chi connectivity index (χ2n) is 6.84. The molecule has 24 heavy (non-hydrogen) atoms. The van der Waals surface area contributed by atoms with Gasteiger partial charge in [-0.05, 0) is 32.3 Å². The minimum atomic E-state index is -0.163. The lowest BCUT2D eigenvalue weighted by Gasteiger charge is -2.42. The molecule has 2 aliphatic heterocycles. The number of nitrogens with zero attached hydrogens (tertiary/aromatic N) is 4. The molecule has 2 aromatic rings. The lowest BCUT2D eigenvalue weighted by Crippen LogP contribution is -2.48. The fourth-order valence-electron chi connectivity index (χ4n) is 3.68. The van der Waals surface area contributed by atoms with Gasteiger partial charge in [-0.2, -0.15) is 5.10 Å². The highest BCUT2D eigenvalue weighted by Gasteiger charge is 2.36. The van der Waals surface area contributed by atoms with Gasteiger partial charge in [-0.25, -0.2) is 0 Å². The van der Waals surface area contributed by atoms with E-state index < -0.39 is 0 Å². The standard InChI is InChI=1S/C18H22N4O2/c1-13-3-8-24-18(10-13)4-6-22(7-5-18)17(23)14-9-16-15(19-11-14)12-20-21(16)2/h9-12H,3-8H2,1-2H3. The SMILES string of the molecule is CC1=CC2(CCN(C(=O)c3cnc4cnn(C)c4c3)CC2)OCC1. The number of piperidine rings is 1. The minimum absolute atomic E-state index is 0.0389. The molecule has 1 fully saturated rings. The monoisotopic (exact) mass is 326 g/mol. The first-order valence-electron chi connectivity index (χ1n) is 8.46. The number of hydrogen-bond acceptors (Lipinski definition) is 4. The van der Waals surface area contributed by atoms with Crippen LogP contribution in [0.15, 0.2) is 30.1 Å². The molecule has 1 spiro atoms. The summed E-state index contributed by atoms with van der Waals surface area (Å²) in [4.78, 5) is 19.1. The molecule has 0 N–H and O–H groups in total. The van der Waals surface area contributed by atoms with E-state index in [-0.39, 0.29) is 11.5 Å². The number of rotatable bonds is 1. The van der Waals surface area contributed by atoms with Gasteiger partial charge >= 0.3 is 0 Å². The average Bonchev–Trinajstić information content (AvgIpc) is 2.95. The number of amides is 1. The zero-order valence-corrected chi connectivity index (χ0v) is 14.2. The van der Waals surface area contributed by atoms with Gasteiger partial charge in [0.05, 0.1) is 29.5 Å². The first kappa shape index (κ1) is 15.3. The molecule has 0 radical (unpaired) electrons. The summed E-state index contributed by atoms with van der Waals surface area (Å²) >= 11 is 0. The van der Waals surface area contributed by atoms with Crippen molar-refractivity contribution in [3.05, 3.63) is 35.7 Å². The zero-order valence-electron chi connectivity index (χ0n) is 14.2. The van der Waals surface area contributed by atoms with Gasteiger partial charge in [-0.15, -0.1) is 0 Å². The third kappa shape index (κ3) is 2.60. The van der Waals surface area contributed by atoms with Crippen molar-refractivity contribution in [3.63, 3.8) is 0 Å². The number of carbonyl (C=O) groups excluding carboxylic acids is 1. The molecule has 4 rings (SSSR count). The van der Waals surface area contributed by atoms with Gasteiger partial charge in [-0.3, -0.25) is 14.5 Å². The van der Waals surface area contributed by atoms with E-state index in [1.807, 2.05) is 18.0 Å². The molecule has 0 saturated carbocycles. The van der Waals surface area contributed by atoms with Gasteiger partial charge in [0.1, 0.15) is 5.52 Å². The van der Waals surface area contributed by atoms with Crippen LogP contribution in [0.3, 0.4) is 0 Å². The summed E-state index contributed by atoms with van der Waals surface area (Å²) < 4.78 is 7.78. The van der Waals surface area contributed by atoms with Gasteiger partial charge in [-0.1, -0.05) is 11.6 Å². The third-order valence-electron chi connectivity index (χ3n) is 5.14. The van der Waals surface area contributed by atoms with Crippen LogP contribution in [0, 0.1) is 0 Å². The van der Waals surface area contributed by atoms with Crippen LogP contribution in [-0.4, -0.2) is 50.9 Å². The van der Waals surface area contributed by atoms with Crippen LogP contribution >= 0.6 is 0 Å². The average molecular weight is 326 g/mol. The molecule has 1 saturated heterocycles. The number of fused-ring (bicyclic) bond motifs is 1. The predicted molar refractivity (Wildman–Crippen MR) is 90.7 cm³/mol. The van der Waals surface area contributed by atoms with Crippen LogP contribution in [0.5, 0.6) is 0 Å². The van der Waals surface area contributed by atoms with Crippen LogP contribution in [0.4, 0.5) is 0 Å². The maximum absolute atomic E-state index is 12.8. The van der Waals surface area contributed by atoms with Gasteiger partial charge < -0.3 is 9.64 Å². The Morgan fingerprint density at radius 1 is 1.29 bits per heavy atom. The topological polar surface area (TPSA) is 60.2 Å². The van der Waals surface area contributed by atoms with Crippen LogP contribution in [0.2, 0.25) is 0 Å². The summed E-state index contributed by atoms with van der Waals surface area (Å²) in [7, 11) is 1.86. The summed E-state index contributed by atoms with van der Waals surface area (Å²) in [6, 6.07) is 1.88. The van der Waals surface area contributed by atoms with E-state index in [1.165, 1.54) is 5.57 Å². The third-order valence-corrected chi connectivity index (χ3v) is 5.14. The highest BCUT2D eigenvalue weighted by molar-refractivity contribution is 5.96. The van der Waals surface area contributed by atoms with Crippen LogP contribution < -0.4 is 0 Å². The lowest BCUT2D eigenvalue weighted by atomic mass is 9.87. The summed E-state index contributed by atoms with van der Waals surface area (Å²) in [6.07, 6.45) is 8.36. The number of aromatic nitrogens is 3. The molecule has 0 unspecified atom stereocenters. The normalized spacial score (nSPS) is 20.4. The highest BCUT2D eigenvalue weighted by atomic mass is 16.5. The fourth-order valence-corrected chi connectivity index (χ4v) is 3.68. The van der Waals surface area contributed by atoms with Gasteiger partial charge in [0.15, 0.2) is 0 Å². The van der Waals surface area contributed by atoms with Crippen LogP contribution in [0.1, 0.15) is 36.5 Å². The van der Waals surface area contributed by atoms with Crippen molar-refractivity contribution >= 4 is 16.9 Å². The first-order chi connectivity index (χ1) is 11.6. The Hall–Kier alpha value is -2.21. The van der Waals surface area contributed by atoms with E-state index in [4.69, 9.17) is 4.74 Å². The molecular weight excluding hydrogens is 304 g/mol. The molecule has 4 heterocycles. The molecule has 6 heteroatoms. The first-order valence-corrected chi connectivity index (χ1v) is 8.46. The van der Waals surface area contributed by atoms with Gasteiger partial charge in [0.25, 0.3) is 5.91 Å². The number of ether oxygens (including phenoxy) is 1. The van der Waals surface area contributed by atoms with Crippen molar-refractivity contribution in [1.29, 1.82) is 0 Å². The molecule has 2 aliphatic rings. The molecule has 0 atom stereocenters. The molecule has 0 bridgehead atoms. The Kier molecular flexibility index (Phi) is 3.64. The van der Waals surface area contributed by atoms with Crippen molar-refractivity contribution < 1.29 is 9.53 Å². The summed E-state index contributed by atoms with van der Waals surface area (Å²) in [5.74, 6) is 0.0389. The maximum atomic E-state index is 12.8.